The van der Waals surface area contributed by atoms with Crippen molar-refractivity contribution in [1.29, 1.82) is 0 Å². The average Bonchev–Trinajstić information content (AvgIpc) is 2.69. The van der Waals surface area contributed by atoms with Gasteiger partial charge in [-0.25, -0.2) is 0 Å². The van der Waals surface area contributed by atoms with Gasteiger partial charge in [-0.15, -0.1) is 0 Å². The molecule has 2 N–H and O–H groups in total. The molecule has 1 aromatic carbocycles. The van der Waals surface area contributed by atoms with Crippen LogP contribution in [0, 0.1) is 0 Å². The van der Waals surface area contributed by atoms with Crippen molar-refractivity contribution in [3.63, 3.8) is 0 Å². The minimum Gasteiger partial charge on any atom is -0.374 e. The van der Waals surface area contributed by atoms with Gasteiger partial charge in [0.25, 0.3) is 0 Å². The normalized spacial score (nSPS) is 19.0. The topological polar surface area (TPSA) is 67.9 Å². The van der Waals surface area contributed by atoms with Crippen LogP contribution >= 0.6 is 0 Å². The van der Waals surface area contributed by atoms with Gasteiger partial charge in [-0.3, -0.25) is 14.5 Å². The number of likely N-dealkylation sites (N-methyl/N-ethyl adjacent to an activating group) is 1. The maximum absolute atomic E-state index is 12.3. The Bertz CT molecular complexity index is 728. The standard InChI is InChI=1S/C22H35N5O2/c1-16(2)24-22(29)21(28)23-15-20(27-12-10-25(3)11-13-27)18-7-8-19-17(14-18)6-5-9-26(19)4/h7-8,14,16,20H,5-6,9-13,15H2,1-4H3,(H,23,28)(H,24,29). The van der Waals surface area contributed by atoms with E-state index in [4.69, 9.17) is 0 Å². The van der Waals surface area contributed by atoms with Crippen molar-refractivity contribution in [2.75, 3.05) is 58.3 Å². The monoisotopic (exact) mass is 401 g/mol. The van der Waals surface area contributed by atoms with Gasteiger partial charge in [0, 0.05) is 58.0 Å². The number of piperazine rings is 1. The van der Waals surface area contributed by atoms with E-state index in [-0.39, 0.29) is 12.1 Å². The predicted octanol–water partition coefficient (Wildman–Crippen LogP) is 0.998. The van der Waals surface area contributed by atoms with Crippen molar-refractivity contribution >= 4 is 17.5 Å². The van der Waals surface area contributed by atoms with Crippen LogP contribution in [0.3, 0.4) is 0 Å². The molecule has 0 bridgehead atoms. The number of nitrogens with zero attached hydrogens (tertiary/aromatic N) is 3. The highest BCUT2D eigenvalue weighted by Gasteiger charge is 2.27. The maximum atomic E-state index is 12.3. The Morgan fingerprint density at radius 3 is 2.45 bits per heavy atom. The highest BCUT2D eigenvalue weighted by molar-refractivity contribution is 6.35. The van der Waals surface area contributed by atoms with E-state index in [1.807, 2.05) is 13.8 Å². The Morgan fingerprint density at radius 2 is 1.76 bits per heavy atom. The molecule has 7 nitrogen and oxygen atoms in total. The molecule has 7 heteroatoms. The van der Waals surface area contributed by atoms with E-state index >= 15 is 0 Å². The molecule has 0 spiro atoms. The van der Waals surface area contributed by atoms with Crippen LogP contribution in [-0.2, 0) is 16.0 Å². The number of carbonyl (C=O) groups is 2. The summed E-state index contributed by atoms with van der Waals surface area (Å²) in [6, 6.07) is 6.70. The van der Waals surface area contributed by atoms with E-state index in [1.54, 1.807) is 0 Å². The van der Waals surface area contributed by atoms with E-state index in [2.05, 4.69) is 57.6 Å². The second kappa shape index (κ2) is 9.59. The van der Waals surface area contributed by atoms with Crippen molar-refractivity contribution in [3.8, 4) is 0 Å². The Labute approximate surface area is 174 Å². The minimum atomic E-state index is -0.566. The first-order valence-electron chi connectivity index (χ1n) is 10.7. The summed E-state index contributed by atoms with van der Waals surface area (Å²) >= 11 is 0. The lowest BCUT2D eigenvalue weighted by atomic mass is 9.95. The molecular weight excluding hydrogens is 366 g/mol. The van der Waals surface area contributed by atoms with Crippen LogP contribution in [0.5, 0.6) is 0 Å². The van der Waals surface area contributed by atoms with Gasteiger partial charge in [0.2, 0.25) is 0 Å². The number of nitrogens with one attached hydrogen (secondary N) is 2. The quantitative estimate of drug-likeness (QED) is 0.721. The third-order valence-corrected chi connectivity index (χ3v) is 5.90. The number of hydrogen-bond donors (Lipinski definition) is 2. The first-order valence-corrected chi connectivity index (χ1v) is 10.7. The molecule has 0 saturated carbocycles. The van der Waals surface area contributed by atoms with Crippen molar-refractivity contribution in [3.05, 3.63) is 29.3 Å². The molecule has 2 amide bonds. The summed E-state index contributed by atoms with van der Waals surface area (Å²) < 4.78 is 0. The highest BCUT2D eigenvalue weighted by atomic mass is 16.2. The molecule has 2 aliphatic heterocycles. The summed E-state index contributed by atoms with van der Waals surface area (Å²) in [5, 5.41) is 5.53. The number of benzene rings is 1. The zero-order valence-electron chi connectivity index (χ0n) is 18.2. The third-order valence-electron chi connectivity index (χ3n) is 5.90. The van der Waals surface area contributed by atoms with E-state index < -0.39 is 11.8 Å². The molecule has 0 aliphatic carbocycles. The molecule has 3 rings (SSSR count). The number of hydrogen-bond acceptors (Lipinski definition) is 5. The largest absolute Gasteiger partial charge is 0.374 e. The summed E-state index contributed by atoms with van der Waals surface area (Å²) in [5.41, 5.74) is 3.89. The van der Waals surface area contributed by atoms with E-state index in [0.29, 0.717) is 6.54 Å². The van der Waals surface area contributed by atoms with Crippen LogP contribution in [-0.4, -0.2) is 81.0 Å². The maximum Gasteiger partial charge on any atom is 0.309 e. The number of carbonyl (C=O) groups excluding carboxylic acids is 2. The lowest BCUT2D eigenvalue weighted by Crippen LogP contribution is -2.50. The molecule has 0 aromatic heterocycles. The molecule has 1 fully saturated rings. The third kappa shape index (κ3) is 5.48. The fraction of sp³-hybridized carbons (Fsp3) is 0.636. The fourth-order valence-corrected chi connectivity index (χ4v) is 4.20. The molecule has 1 atom stereocenters. The Balaban J connectivity index is 1.76. The van der Waals surface area contributed by atoms with E-state index in [1.165, 1.54) is 16.8 Å². The van der Waals surface area contributed by atoms with Crippen molar-refractivity contribution in [2.24, 2.45) is 0 Å². The van der Waals surface area contributed by atoms with Gasteiger partial charge >= 0.3 is 11.8 Å². The van der Waals surface area contributed by atoms with E-state index in [0.717, 1.165) is 45.6 Å². The summed E-state index contributed by atoms with van der Waals surface area (Å²) in [4.78, 5) is 31.3. The smallest absolute Gasteiger partial charge is 0.309 e. The molecule has 160 valence electrons. The van der Waals surface area contributed by atoms with Crippen LogP contribution in [0.15, 0.2) is 18.2 Å². The number of rotatable bonds is 5. The number of anilines is 1. The lowest BCUT2D eigenvalue weighted by molar-refractivity contribution is -0.139. The molecule has 0 radical (unpaired) electrons. The Morgan fingerprint density at radius 1 is 1.03 bits per heavy atom. The van der Waals surface area contributed by atoms with Crippen molar-refractivity contribution in [2.45, 2.75) is 38.8 Å². The summed E-state index contributed by atoms with van der Waals surface area (Å²) in [6.45, 7) is 9.14. The predicted molar refractivity (Wildman–Crippen MR) is 116 cm³/mol. The first kappa shape index (κ1) is 21.6. The molecule has 1 unspecified atom stereocenters. The SMILES string of the molecule is CC(C)NC(=O)C(=O)NCC(c1ccc2c(c1)CCCN2C)N1CCN(C)CC1. The summed E-state index contributed by atoms with van der Waals surface area (Å²) in [6.07, 6.45) is 2.25. The summed E-state index contributed by atoms with van der Waals surface area (Å²) in [7, 11) is 4.28. The van der Waals surface area contributed by atoms with Crippen LogP contribution in [0.2, 0.25) is 0 Å². The molecule has 29 heavy (non-hydrogen) atoms. The second-order valence-corrected chi connectivity index (χ2v) is 8.61. The summed E-state index contributed by atoms with van der Waals surface area (Å²) in [5.74, 6) is -1.13. The zero-order chi connectivity index (χ0) is 21.0. The van der Waals surface area contributed by atoms with E-state index in [9.17, 15) is 9.59 Å². The van der Waals surface area contributed by atoms with Gasteiger partial charge in [-0.2, -0.15) is 0 Å². The molecule has 1 aromatic rings. The molecule has 2 aliphatic rings. The van der Waals surface area contributed by atoms with Crippen LogP contribution in [0.1, 0.15) is 37.4 Å². The second-order valence-electron chi connectivity index (χ2n) is 8.61. The van der Waals surface area contributed by atoms with Gasteiger partial charge in [0.15, 0.2) is 0 Å². The van der Waals surface area contributed by atoms with Crippen LogP contribution < -0.4 is 15.5 Å². The molecular formula is C22H35N5O2. The highest BCUT2D eigenvalue weighted by Crippen LogP contribution is 2.31. The minimum absolute atomic E-state index is 0.0562. The zero-order valence-corrected chi connectivity index (χ0v) is 18.2. The number of aryl methyl sites for hydroxylation is 1. The fourth-order valence-electron chi connectivity index (χ4n) is 4.20. The number of amides is 2. The Kier molecular flexibility index (Phi) is 7.14. The van der Waals surface area contributed by atoms with Crippen molar-refractivity contribution < 1.29 is 9.59 Å². The van der Waals surface area contributed by atoms with Gasteiger partial charge in [-0.1, -0.05) is 12.1 Å². The van der Waals surface area contributed by atoms with Crippen LogP contribution in [0.4, 0.5) is 5.69 Å². The van der Waals surface area contributed by atoms with Crippen molar-refractivity contribution in [1.82, 2.24) is 20.4 Å². The van der Waals surface area contributed by atoms with Gasteiger partial charge in [0.05, 0.1) is 6.04 Å². The van der Waals surface area contributed by atoms with Gasteiger partial charge in [0.1, 0.15) is 0 Å². The average molecular weight is 402 g/mol. The number of fused-ring (bicyclic) bond motifs is 1. The molecule has 2 heterocycles. The van der Waals surface area contributed by atoms with Gasteiger partial charge < -0.3 is 20.4 Å². The Hall–Kier alpha value is -2.12. The first-order chi connectivity index (χ1) is 13.8. The van der Waals surface area contributed by atoms with Gasteiger partial charge in [-0.05, 0) is 50.9 Å². The molecule has 1 saturated heterocycles. The lowest BCUT2D eigenvalue weighted by Gasteiger charge is -2.39. The van der Waals surface area contributed by atoms with Crippen LogP contribution in [0.25, 0.3) is 0 Å².